The van der Waals surface area contributed by atoms with Gasteiger partial charge in [0.05, 0.1) is 11.9 Å². The largest absolute Gasteiger partial charge is 0.366 e. The Morgan fingerprint density at radius 3 is 2.32 bits per heavy atom. The predicted molar refractivity (Wildman–Crippen MR) is 99.9 cm³/mol. The minimum atomic E-state index is -3.65. The molecule has 0 bridgehead atoms. The average molecular weight is 426 g/mol. The molecule has 0 aliphatic carbocycles. The zero-order valence-electron chi connectivity index (χ0n) is 13.3. The maximum Gasteiger partial charge on any atom is 0.248 e. The molecule has 0 radical (unpaired) electrons. The molecule has 2 amide bonds. The van der Waals surface area contributed by atoms with Gasteiger partial charge in [0.1, 0.15) is 6.54 Å². The van der Waals surface area contributed by atoms with Crippen LogP contribution in [0.15, 0.2) is 53.0 Å². The number of sulfonamides is 1. The molecule has 0 fully saturated rings. The van der Waals surface area contributed by atoms with Crippen molar-refractivity contribution in [3.63, 3.8) is 0 Å². The van der Waals surface area contributed by atoms with E-state index in [4.69, 9.17) is 5.73 Å². The highest BCUT2D eigenvalue weighted by molar-refractivity contribution is 9.10. The van der Waals surface area contributed by atoms with Crippen molar-refractivity contribution in [2.75, 3.05) is 22.4 Å². The van der Waals surface area contributed by atoms with Crippen molar-refractivity contribution in [1.82, 2.24) is 0 Å². The summed E-state index contributed by atoms with van der Waals surface area (Å²) in [5.74, 6) is -1.09. The van der Waals surface area contributed by atoms with Gasteiger partial charge in [-0.05, 0) is 42.5 Å². The van der Waals surface area contributed by atoms with Crippen molar-refractivity contribution >= 4 is 49.1 Å². The Bertz CT molecular complexity index is 898. The van der Waals surface area contributed by atoms with Gasteiger partial charge in [-0.25, -0.2) is 8.42 Å². The van der Waals surface area contributed by atoms with Gasteiger partial charge in [-0.15, -0.1) is 0 Å². The molecule has 7 nitrogen and oxygen atoms in total. The summed E-state index contributed by atoms with van der Waals surface area (Å²) in [6.45, 7) is -0.382. The van der Waals surface area contributed by atoms with E-state index in [0.29, 0.717) is 21.4 Å². The molecule has 0 atom stereocenters. The molecule has 0 saturated heterocycles. The van der Waals surface area contributed by atoms with E-state index in [9.17, 15) is 18.0 Å². The second-order valence-electron chi connectivity index (χ2n) is 5.24. The molecule has 9 heteroatoms. The summed E-state index contributed by atoms with van der Waals surface area (Å²) in [6.07, 6.45) is 1.03. The number of benzene rings is 2. The lowest BCUT2D eigenvalue weighted by molar-refractivity contribution is -0.114. The third-order valence-corrected chi connectivity index (χ3v) is 4.87. The van der Waals surface area contributed by atoms with Crippen LogP contribution in [-0.2, 0) is 14.8 Å². The van der Waals surface area contributed by atoms with E-state index in [0.717, 1.165) is 10.6 Å². The van der Waals surface area contributed by atoms with E-state index >= 15 is 0 Å². The van der Waals surface area contributed by atoms with E-state index in [2.05, 4.69) is 21.2 Å². The molecule has 132 valence electrons. The van der Waals surface area contributed by atoms with Crippen LogP contribution in [-0.4, -0.2) is 33.0 Å². The fraction of sp³-hybridized carbons (Fsp3) is 0.125. The summed E-state index contributed by atoms with van der Waals surface area (Å²) < 4.78 is 25.8. The number of nitrogens with zero attached hydrogens (tertiary/aromatic N) is 1. The Labute approximate surface area is 154 Å². The van der Waals surface area contributed by atoms with Gasteiger partial charge in [0, 0.05) is 15.7 Å². The highest BCUT2D eigenvalue weighted by Crippen LogP contribution is 2.22. The number of hydrogen-bond acceptors (Lipinski definition) is 4. The van der Waals surface area contributed by atoms with Crippen LogP contribution in [0.2, 0.25) is 0 Å². The van der Waals surface area contributed by atoms with Crippen molar-refractivity contribution < 1.29 is 18.0 Å². The van der Waals surface area contributed by atoms with Crippen LogP contribution in [0.4, 0.5) is 11.4 Å². The number of nitrogens with two attached hydrogens (primary N) is 1. The minimum absolute atomic E-state index is 0.310. The maximum atomic E-state index is 12.2. The van der Waals surface area contributed by atoms with Crippen LogP contribution < -0.4 is 15.4 Å². The molecule has 0 aliphatic rings. The number of halogens is 1. The summed E-state index contributed by atoms with van der Waals surface area (Å²) in [7, 11) is -3.65. The van der Waals surface area contributed by atoms with Gasteiger partial charge in [-0.2, -0.15) is 0 Å². The molecule has 0 unspecified atom stereocenters. The number of primary amides is 1. The topological polar surface area (TPSA) is 110 Å². The number of nitrogens with one attached hydrogen (secondary N) is 1. The second kappa shape index (κ2) is 7.66. The molecular weight excluding hydrogens is 410 g/mol. The molecule has 25 heavy (non-hydrogen) atoms. The number of hydrogen-bond donors (Lipinski definition) is 2. The van der Waals surface area contributed by atoms with Crippen molar-refractivity contribution in [3.05, 3.63) is 58.6 Å². The quantitative estimate of drug-likeness (QED) is 0.736. The predicted octanol–water partition coefficient (Wildman–Crippen LogP) is 1.95. The first-order valence-electron chi connectivity index (χ1n) is 7.10. The van der Waals surface area contributed by atoms with E-state index in [1.807, 2.05) is 0 Å². The lowest BCUT2D eigenvalue weighted by atomic mass is 10.2. The standard InChI is InChI=1S/C16H16BrN3O4S/c1-25(23,24)20(14-4-2-3-12(17)9-14)10-15(21)19-13-7-5-11(6-8-13)16(18)22/h2-9H,10H2,1H3,(H2,18,22)(H,19,21). The van der Waals surface area contributed by atoms with Crippen molar-refractivity contribution in [2.24, 2.45) is 5.73 Å². The molecule has 0 aromatic heterocycles. The third-order valence-electron chi connectivity index (χ3n) is 3.24. The molecule has 0 saturated carbocycles. The third kappa shape index (κ3) is 5.30. The van der Waals surface area contributed by atoms with Gasteiger partial charge < -0.3 is 11.1 Å². The molecule has 2 rings (SSSR count). The van der Waals surface area contributed by atoms with Gasteiger partial charge in [0.25, 0.3) is 0 Å². The van der Waals surface area contributed by atoms with E-state index in [-0.39, 0.29) is 6.54 Å². The number of carbonyl (C=O) groups excluding carboxylic acids is 2. The lowest BCUT2D eigenvalue weighted by Gasteiger charge is -2.22. The van der Waals surface area contributed by atoms with Crippen molar-refractivity contribution in [2.45, 2.75) is 0 Å². The van der Waals surface area contributed by atoms with E-state index in [1.54, 1.807) is 24.3 Å². The molecule has 2 aromatic carbocycles. The maximum absolute atomic E-state index is 12.2. The van der Waals surface area contributed by atoms with Gasteiger partial charge in [0.2, 0.25) is 21.8 Å². The van der Waals surface area contributed by atoms with Gasteiger partial charge in [-0.3, -0.25) is 13.9 Å². The fourth-order valence-corrected chi connectivity index (χ4v) is 3.32. The molecular formula is C16H16BrN3O4S. The number of rotatable bonds is 6. The van der Waals surface area contributed by atoms with Gasteiger partial charge in [-0.1, -0.05) is 22.0 Å². The smallest absolute Gasteiger partial charge is 0.248 e. The normalized spacial score (nSPS) is 11.0. The Kier molecular flexibility index (Phi) is 5.81. The summed E-state index contributed by atoms with van der Waals surface area (Å²) in [5.41, 5.74) is 6.26. The van der Waals surface area contributed by atoms with Gasteiger partial charge >= 0.3 is 0 Å². The first-order chi connectivity index (χ1) is 11.7. The summed E-state index contributed by atoms with van der Waals surface area (Å²) >= 11 is 3.28. The Morgan fingerprint density at radius 1 is 1.16 bits per heavy atom. The second-order valence-corrected chi connectivity index (χ2v) is 8.06. The number of amides is 2. The van der Waals surface area contributed by atoms with Crippen LogP contribution in [0.1, 0.15) is 10.4 Å². The van der Waals surface area contributed by atoms with Crippen LogP contribution in [0.25, 0.3) is 0 Å². The van der Waals surface area contributed by atoms with E-state index < -0.39 is 21.8 Å². The highest BCUT2D eigenvalue weighted by atomic mass is 79.9. The van der Waals surface area contributed by atoms with Crippen LogP contribution in [0.5, 0.6) is 0 Å². The summed E-state index contributed by atoms with van der Waals surface area (Å²) in [4.78, 5) is 23.3. The number of anilines is 2. The molecule has 0 spiro atoms. The molecule has 0 aliphatic heterocycles. The molecule has 3 N–H and O–H groups in total. The zero-order valence-corrected chi connectivity index (χ0v) is 15.7. The SMILES string of the molecule is CS(=O)(=O)N(CC(=O)Nc1ccc(C(N)=O)cc1)c1cccc(Br)c1. The van der Waals surface area contributed by atoms with Crippen molar-refractivity contribution in [3.8, 4) is 0 Å². The number of carbonyl (C=O) groups is 2. The first kappa shape index (κ1) is 18.9. The monoisotopic (exact) mass is 425 g/mol. The minimum Gasteiger partial charge on any atom is -0.366 e. The summed E-state index contributed by atoms with van der Waals surface area (Å²) in [6, 6.07) is 12.6. The fourth-order valence-electron chi connectivity index (χ4n) is 2.08. The molecule has 0 heterocycles. The summed E-state index contributed by atoms with van der Waals surface area (Å²) in [5, 5.41) is 2.59. The Balaban J connectivity index is 2.16. The Morgan fingerprint density at radius 2 is 1.80 bits per heavy atom. The van der Waals surface area contributed by atoms with Crippen LogP contribution >= 0.6 is 15.9 Å². The highest BCUT2D eigenvalue weighted by Gasteiger charge is 2.21. The Hall–Kier alpha value is -2.39. The van der Waals surface area contributed by atoms with Crippen molar-refractivity contribution in [1.29, 1.82) is 0 Å². The van der Waals surface area contributed by atoms with Crippen LogP contribution in [0.3, 0.4) is 0 Å². The zero-order chi connectivity index (χ0) is 18.6. The van der Waals surface area contributed by atoms with E-state index in [1.165, 1.54) is 24.3 Å². The van der Waals surface area contributed by atoms with Crippen LogP contribution in [0, 0.1) is 0 Å². The first-order valence-corrected chi connectivity index (χ1v) is 9.74. The average Bonchev–Trinajstić information content (AvgIpc) is 2.52. The lowest BCUT2D eigenvalue weighted by Crippen LogP contribution is -2.37. The van der Waals surface area contributed by atoms with Gasteiger partial charge in [0.15, 0.2) is 0 Å². The molecule has 2 aromatic rings.